The average Bonchev–Trinajstić information content (AvgIpc) is 2.76. The molecule has 1 aromatic carbocycles. The van der Waals surface area contributed by atoms with E-state index < -0.39 is 18.0 Å². The summed E-state index contributed by atoms with van der Waals surface area (Å²) in [6.07, 6.45) is -0.240. The number of benzene rings is 1. The van der Waals surface area contributed by atoms with Crippen LogP contribution in [0.1, 0.15) is 38.3 Å². The van der Waals surface area contributed by atoms with E-state index in [2.05, 4.69) is 16.4 Å². The minimum absolute atomic E-state index is 0.490. The number of hydrogen-bond donors (Lipinski definition) is 2. The maximum Gasteiger partial charge on any atom is 0.510 e. The third-order valence-electron chi connectivity index (χ3n) is 3.42. The van der Waals surface area contributed by atoms with Gasteiger partial charge < -0.3 is 14.5 Å². The van der Waals surface area contributed by atoms with E-state index in [1.165, 1.54) is 10.9 Å². The van der Waals surface area contributed by atoms with Crippen LogP contribution in [-0.2, 0) is 15.9 Å². The second-order valence-electron chi connectivity index (χ2n) is 6.23. The lowest BCUT2D eigenvalue weighted by molar-refractivity contribution is -0.0368. The van der Waals surface area contributed by atoms with E-state index in [1.54, 1.807) is 0 Å². The first-order valence-corrected chi connectivity index (χ1v) is 7.16. The van der Waals surface area contributed by atoms with Crippen molar-refractivity contribution in [1.82, 2.24) is 10.3 Å². The van der Waals surface area contributed by atoms with E-state index in [1.807, 2.05) is 39.0 Å². The van der Waals surface area contributed by atoms with Gasteiger partial charge in [0.05, 0.1) is 5.69 Å². The first kappa shape index (κ1) is 13.9. The van der Waals surface area contributed by atoms with Crippen LogP contribution in [-0.4, -0.2) is 23.3 Å². The number of carbonyl (C=O) groups excluding carboxylic acids is 1. The number of para-hydroxylation sites is 1. The van der Waals surface area contributed by atoms with Gasteiger partial charge in [0.15, 0.2) is 6.23 Å². The number of aromatic amines is 1. The summed E-state index contributed by atoms with van der Waals surface area (Å²) in [7, 11) is 0. The van der Waals surface area contributed by atoms with Gasteiger partial charge in [-0.25, -0.2) is 4.79 Å². The number of fused-ring (bicyclic) bond motifs is 3. The minimum atomic E-state index is -0.661. The van der Waals surface area contributed by atoms with Crippen LogP contribution in [0.3, 0.4) is 0 Å². The predicted molar refractivity (Wildman–Crippen MR) is 80.1 cm³/mol. The van der Waals surface area contributed by atoms with E-state index in [9.17, 15) is 4.79 Å². The Labute approximate surface area is 123 Å². The molecule has 0 amide bonds. The van der Waals surface area contributed by atoms with Crippen molar-refractivity contribution in [1.29, 1.82) is 0 Å². The SMILES string of the molecule is CC(C)(C)OC(=O)OC1NCCc2c1[nH]c1ccccc21. The Balaban J connectivity index is 1.85. The Morgan fingerprint density at radius 1 is 1.29 bits per heavy atom. The molecule has 5 nitrogen and oxygen atoms in total. The predicted octanol–water partition coefficient (Wildman–Crippen LogP) is 3.26. The van der Waals surface area contributed by atoms with Crippen molar-refractivity contribution in [2.45, 2.75) is 39.0 Å². The zero-order valence-electron chi connectivity index (χ0n) is 12.5. The van der Waals surface area contributed by atoms with Gasteiger partial charge in [0.2, 0.25) is 0 Å². The van der Waals surface area contributed by atoms with Gasteiger partial charge in [-0.05, 0) is 38.8 Å². The van der Waals surface area contributed by atoms with Crippen LogP contribution in [0, 0.1) is 0 Å². The molecule has 112 valence electrons. The Kier molecular flexibility index (Phi) is 3.37. The van der Waals surface area contributed by atoms with Crippen LogP contribution >= 0.6 is 0 Å². The zero-order valence-corrected chi connectivity index (χ0v) is 12.5. The molecule has 1 aliphatic heterocycles. The highest BCUT2D eigenvalue weighted by molar-refractivity contribution is 5.85. The molecule has 2 N–H and O–H groups in total. The zero-order chi connectivity index (χ0) is 15.0. The molecular weight excluding hydrogens is 268 g/mol. The number of H-pyrrole nitrogens is 1. The van der Waals surface area contributed by atoms with Crippen LogP contribution in [0.4, 0.5) is 4.79 Å². The minimum Gasteiger partial charge on any atom is -0.429 e. The van der Waals surface area contributed by atoms with Crippen LogP contribution < -0.4 is 5.32 Å². The Bertz CT molecular complexity index is 670. The van der Waals surface area contributed by atoms with Gasteiger partial charge in [-0.1, -0.05) is 18.2 Å². The topological polar surface area (TPSA) is 63.4 Å². The highest BCUT2D eigenvalue weighted by atomic mass is 16.7. The average molecular weight is 288 g/mol. The fraction of sp³-hybridized carbons (Fsp3) is 0.438. The fourth-order valence-corrected chi connectivity index (χ4v) is 2.62. The van der Waals surface area contributed by atoms with Crippen molar-refractivity contribution < 1.29 is 14.3 Å². The second kappa shape index (κ2) is 5.07. The Morgan fingerprint density at radius 2 is 2.05 bits per heavy atom. The Morgan fingerprint density at radius 3 is 2.81 bits per heavy atom. The maximum absolute atomic E-state index is 11.9. The van der Waals surface area contributed by atoms with Gasteiger partial charge in [0.1, 0.15) is 5.60 Å². The van der Waals surface area contributed by atoms with E-state index in [-0.39, 0.29) is 0 Å². The number of nitrogens with one attached hydrogen (secondary N) is 2. The summed E-state index contributed by atoms with van der Waals surface area (Å²) in [6, 6.07) is 8.11. The molecular formula is C16H20N2O3. The summed E-state index contributed by atoms with van der Waals surface area (Å²) >= 11 is 0. The van der Waals surface area contributed by atoms with Crippen molar-refractivity contribution in [2.24, 2.45) is 0 Å². The highest BCUT2D eigenvalue weighted by Gasteiger charge is 2.28. The molecule has 2 heterocycles. The van der Waals surface area contributed by atoms with Crippen molar-refractivity contribution in [3.8, 4) is 0 Å². The summed E-state index contributed by atoms with van der Waals surface area (Å²) in [5.41, 5.74) is 2.62. The number of carbonyl (C=O) groups is 1. The van der Waals surface area contributed by atoms with Gasteiger partial charge in [0, 0.05) is 17.4 Å². The standard InChI is InChI=1S/C16H20N2O3/c1-16(2,3)21-15(19)20-14-13-11(8-9-17-14)10-6-4-5-7-12(10)18-13/h4-7,14,17-18H,8-9H2,1-3H3. The van der Waals surface area contributed by atoms with Crippen LogP contribution in [0.2, 0.25) is 0 Å². The molecule has 1 unspecified atom stereocenters. The normalized spacial score (nSPS) is 18.3. The van der Waals surface area contributed by atoms with Crippen molar-refractivity contribution in [3.63, 3.8) is 0 Å². The molecule has 2 aromatic rings. The summed E-state index contributed by atoms with van der Waals surface area (Å²) in [4.78, 5) is 15.2. The first-order chi connectivity index (χ1) is 9.94. The molecule has 1 aliphatic rings. The summed E-state index contributed by atoms with van der Waals surface area (Å²) < 4.78 is 10.6. The van der Waals surface area contributed by atoms with Crippen LogP contribution in [0.15, 0.2) is 24.3 Å². The Hall–Kier alpha value is -2.01. The number of hydrogen-bond acceptors (Lipinski definition) is 4. The van der Waals surface area contributed by atoms with Gasteiger partial charge in [-0.3, -0.25) is 5.32 Å². The maximum atomic E-state index is 11.9. The van der Waals surface area contributed by atoms with E-state index in [0.717, 1.165) is 24.2 Å². The lowest BCUT2D eigenvalue weighted by Crippen LogP contribution is -2.35. The quantitative estimate of drug-likeness (QED) is 0.791. The van der Waals surface area contributed by atoms with E-state index in [0.29, 0.717) is 0 Å². The van der Waals surface area contributed by atoms with Crippen molar-refractivity contribution >= 4 is 17.1 Å². The third kappa shape index (κ3) is 2.88. The molecule has 5 heteroatoms. The number of rotatable bonds is 1. The molecule has 0 spiro atoms. The lowest BCUT2D eigenvalue weighted by Gasteiger charge is -2.26. The molecule has 0 bridgehead atoms. The van der Waals surface area contributed by atoms with Crippen molar-refractivity contribution in [2.75, 3.05) is 6.54 Å². The molecule has 3 rings (SSSR count). The van der Waals surface area contributed by atoms with Crippen LogP contribution in [0.25, 0.3) is 10.9 Å². The number of ether oxygens (including phenoxy) is 2. The van der Waals surface area contributed by atoms with E-state index in [4.69, 9.17) is 9.47 Å². The van der Waals surface area contributed by atoms with E-state index >= 15 is 0 Å². The molecule has 0 radical (unpaired) electrons. The first-order valence-electron chi connectivity index (χ1n) is 7.16. The van der Waals surface area contributed by atoms with Crippen LogP contribution in [0.5, 0.6) is 0 Å². The molecule has 0 saturated carbocycles. The highest BCUT2D eigenvalue weighted by Crippen LogP contribution is 2.30. The lowest BCUT2D eigenvalue weighted by atomic mass is 10.0. The van der Waals surface area contributed by atoms with Gasteiger partial charge >= 0.3 is 6.16 Å². The number of aromatic nitrogens is 1. The molecule has 0 fully saturated rings. The molecule has 21 heavy (non-hydrogen) atoms. The largest absolute Gasteiger partial charge is 0.510 e. The third-order valence-corrected chi connectivity index (χ3v) is 3.42. The summed E-state index contributed by atoms with van der Waals surface area (Å²) in [6.45, 7) is 6.22. The molecule has 1 aromatic heterocycles. The van der Waals surface area contributed by atoms with Gasteiger partial charge in [-0.2, -0.15) is 0 Å². The summed E-state index contributed by atoms with van der Waals surface area (Å²) in [5, 5.41) is 4.39. The summed E-state index contributed by atoms with van der Waals surface area (Å²) in [5.74, 6) is 0. The monoisotopic (exact) mass is 288 g/mol. The molecule has 0 aliphatic carbocycles. The van der Waals surface area contributed by atoms with Gasteiger partial charge in [0.25, 0.3) is 0 Å². The second-order valence-corrected chi connectivity index (χ2v) is 6.23. The smallest absolute Gasteiger partial charge is 0.429 e. The molecule has 1 atom stereocenters. The fourth-order valence-electron chi connectivity index (χ4n) is 2.62. The van der Waals surface area contributed by atoms with Gasteiger partial charge in [-0.15, -0.1) is 0 Å². The molecule has 0 saturated heterocycles. The van der Waals surface area contributed by atoms with Crippen molar-refractivity contribution in [3.05, 3.63) is 35.5 Å².